The highest BCUT2D eigenvalue weighted by atomic mass is 32.2. The topological polar surface area (TPSA) is 67.2 Å². The van der Waals surface area contributed by atoms with Crippen LogP contribution in [0.25, 0.3) is 0 Å². The number of sulfonamides is 1. The summed E-state index contributed by atoms with van der Waals surface area (Å²) in [4.78, 5) is 4.50. The fraction of sp³-hybridized carbons (Fsp3) is 0.308. The Morgan fingerprint density at radius 2 is 1.95 bits per heavy atom. The van der Waals surface area contributed by atoms with Crippen molar-refractivity contribution in [2.75, 3.05) is 18.9 Å². The van der Waals surface area contributed by atoms with E-state index in [4.69, 9.17) is 0 Å². The van der Waals surface area contributed by atoms with Crippen molar-refractivity contribution >= 4 is 15.7 Å². The van der Waals surface area contributed by atoms with E-state index in [1.165, 1.54) is 4.31 Å². The SMILES string of the molecule is CNc1ccc(S(=O)(=O)N2CCn3ccnc3C2)cc1. The van der Waals surface area contributed by atoms with Gasteiger partial charge in [-0.05, 0) is 24.3 Å². The van der Waals surface area contributed by atoms with Crippen molar-refractivity contribution in [1.82, 2.24) is 13.9 Å². The number of hydrogen-bond donors (Lipinski definition) is 1. The third-order valence-corrected chi connectivity index (χ3v) is 5.35. The fourth-order valence-electron chi connectivity index (χ4n) is 2.30. The fourth-order valence-corrected chi connectivity index (χ4v) is 3.68. The Labute approximate surface area is 118 Å². The highest BCUT2D eigenvalue weighted by Crippen LogP contribution is 2.22. The van der Waals surface area contributed by atoms with E-state index in [2.05, 4.69) is 10.3 Å². The van der Waals surface area contributed by atoms with Gasteiger partial charge in [-0.25, -0.2) is 13.4 Å². The Bertz CT molecular complexity index is 706. The van der Waals surface area contributed by atoms with E-state index in [0.29, 0.717) is 24.5 Å². The van der Waals surface area contributed by atoms with Crippen molar-refractivity contribution in [2.45, 2.75) is 18.0 Å². The van der Waals surface area contributed by atoms with E-state index < -0.39 is 10.0 Å². The predicted octanol–water partition coefficient (Wildman–Crippen LogP) is 1.13. The highest BCUT2D eigenvalue weighted by molar-refractivity contribution is 7.89. The lowest BCUT2D eigenvalue weighted by Gasteiger charge is -2.27. The van der Waals surface area contributed by atoms with Crippen molar-refractivity contribution in [1.29, 1.82) is 0 Å². The zero-order valence-corrected chi connectivity index (χ0v) is 12.0. The molecular weight excluding hydrogens is 276 g/mol. The molecule has 0 bridgehead atoms. The van der Waals surface area contributed by atoms with Crippen molar-refractivity contribution in [3.8, 4) is 0 Å². The molecule has 20 heavy (non-hydrogen) atoms. The van der Waals surface area contributed by atoms with Crippen LogP contribution in [0.2, 0.25) is 0 Å². The van der Waals surface area contributed by atoms with Crippen molar-refractivity contribution in [3.05, 3.63) is 42.5 Å². The Balaban J connectivity index is 1.88. The lowest BCUT2D eigenvalue weighted by molar-refractivity contribution is 0.335. The van der Waals surface area contributed by atoms with Crippen LogP contribution in [0.1, 0.15) is 5.82 Å². The van der Waals surface area contributed by atoms with Gasteiger partial charge in [0.1, 0.15) is 5.82 Å². The summed E-state index contributed by atoms with van der Waals surface area (Å²) in [7, 11) is -1.66. The standard InChI is InChI=1S/C13H16N4O2S/c1-14-11-2-4-12(5-3-11)20(18,19)17-9-8-16-7-6-15-13(16)10-17/h2-7,14H,8-10H2,1H3. The Morgan fingerprint density at radius 3 is 2.65 bits per heavy atom. The number of benzene rings is 1. The van der Waals surface area contributed by atoms with E-state index in [1.807, 2.05) is 10.8 Å². The zero-order chi connectivity index (χ0) is 14.2. The molecule has 6 nitrogen and oxygen atoms in total. The number of nitrogens with one attached hydrogen (secondary N) is 1. The van der Waals surface area contributed by atoms with Crippen LogP contribution in [-0.4, -0.2) is 35.9 Å². The molecule has 1 aliphatic rings. The van der Waals surface area contributed by atoms with Gasteiger partial charge in [-0.2, -0.15) is 4.31 Å². The second-order valence-corrected chi connectivity index (χ2v) is 6.59. The summed E-state index contributed by atoms with van der Waals surface area (Å²) >= 11 is 0. The average molecular weight is 292 g/mol. The maximum absolute atomic E-state index is 12.6. The van der Waals surface area contributed by atoms with E-state index in [1.54, 1.807) is 37.5 Å². The Kier molecular flexibility index (Phi) is 3.23. The third-order valence-electron chi connectivity index (χ3n) is 3.49. The lowest BCUT2D eigenvalue weighted by atomic mass is 10.3. The van der Waals surface area contributed by atoms with Crippen LogP contribution in [0.5, 0.6) is 0 Å². The number of anilines is 1. The van der Waals surface area contributed by atoms with Gasteiger partial charge in [-0.3, -0.25) is 0 Å². The minimum Gasteiger partial charge on any atom is -0.388 e. The van der Waals surface area contributed by atoms with Gasteiger partial charge >= 0.3 is 0 Å². The average Bonchev–Trinajstić information content (AvgIpc) is 2.94. The van der Waals surface area contributed by atoms with Crippen LogP contribution >= 0.6 is 0 Å². The largest absolute Gasteiger partial charge is 0.388 e. The zero-order valence-electron chi connectivity index (χ0n) is 11.2. The molecule has 0 unspecified atom stereocenters. The highest BCUT2D eigenvalue weighted by Gasteiger charge is 2.28. The molecule has 0 aliphatic carbocycles. The quantitative estimate of drug-likeness (QED) is 0.921. The van der Waals surface area contributed by atoms with Gasteiger partial charge in [0.2, 0.25) is 10.0 Å². The van der Waals surface area contributed by atoms with Crippen molar-refractivity contribution in [3.63, 3.8) is 0 Å². The van der Waals surface area contributed by atoms with Crippen LogP contribution < -0.4 is 5.32 Å². The Hall–Kier alpha value is -1.86. The van der Waals surface area contributed by atoms with Crippen molar-refractivity contribution in [2.24, 2.45) is 0 Å². The maximum Gasteiger partial charge on any atom is 0.243 e. The van der Waals surface area contributed by atoms with Gasteiger partial charge in [0.05, 0.1) is 11.4 Å². The van der Waals surface area contributed by atoms with E-state index >= 15 is 0 Å². The van der Waals surface area contributed by atoms with Gasteiger partial charge < -0.3 is 9.88 Å². The summed E-state index contributed by atoms with van der Waals surface area (Å²) in [6.07, 6.45) is 3.58. The number of fused-ring (bicyclic) bond motifs is 1. The summed E-state index contributed by atoms with van der Waals surface area (Å²) in [6.45, 7) is 1.44. The molecule has 1 aliphatic heterocycles. The second kappa shape index (κ2) is 4.92. The first-order valence-electron chi connectivity index (χ1n) is 6.39. The van der Waals surface area contributed by atoms with Gasteiger partial charge in [0.15, 0.2) is 0 Å². The van der Waals surface area contributed by atoms with Gasteiger partial charge in [0, 0.05) is 38.2 Å². The van der Waals surface area contributed by atoms with Gasteiger partial charge in [-0.15, -0.1) is 0 Å². The molecule has 3 rings (SSSR count). The predicted molar refractivity (Wildman–Crippen MR) is 75.8 cm³/mol. The van der Waals surface area contributed by atoms with Gasteiger partial charge in [0.25, 0.3) is 0 Å². The number of imidazole rings is 1. The second-order valence-electron chi connectivity index (χ2n) is 4.65. The molecule has 106 valence electrons. The summed E-state index contributed by atoms with van der Waals surface area (Å²) in [5.74, 6) is 0.784. The van der Waals surface area contributed by atoms with Crippen LogP contribution in [0, 0.1) is 0 Å². The molecule has 1 N–H and O–H groups in total. The monoisotopic (exact) mass is 292 g/mol. The maximum atomic E-state index is 12.6. The lowest BCUT2D eigenvalue weighted by Crippen LogP contribution is -2.38. The van der Waals surface area contributed by atoms with E-state index in [9.17, 15) is 8.42 Å². The van der Waals surface area contributed by atoms with Crippen LogP contribution in [0.15, 0.2) is 41.6 Å². The molecule has 1 aromatic heterocycles. The molecule has 1 aromatic carbocycles. The molecular formula is C13H16N4O2S. The minimum atomic E-state index is -3.46. The molecule has 0 spiro atoms. The summed E-state index contributed by atoms with van der Waals surface area (Å²) in [5.41, 5.74) is 0.887. The number of nitrogens with zero attached hydrogens (tertiary/aromatic N) is 3. The molecule has 2 aromatic rings. The van der Waals surface area contributed by atoms with Crippen LogP contribution in [0.3, 0.4) is 0 Å². The summed E-state index contributed by atoms with van der Waals surface area (Å²) < 4.78 is 28.6. The van der Waals surface area contributed by atoms with E-state index in [-0.39, 0.29) is 0 Å². The number of aromatic nitrogens is 2. The smallest absolute Gasteiger partial charge is 0.243 e. The first-order valence-corrected chi connectivity index (χ1v) is 7.83. The number of rotatable bonds is 3. The molecule has 7 heteroatoms. The molecule has 0 saturated heterocycles. The number of hydrogen-bond acceptors (Lipinski definition) is 4. The first-order chi connectivity index (χ1) is 9.61. The molecule has 0 fully saturated rings. The molecule has 0 amide bonds. The minimum absolute atomic E-state index is 0.316. The molecule has 0 radical (unpaired) electrons. The molecule has 2 heterocycles. The van der Waals surface area contributed by atoms with Crippen LogP contribution in [0.4, 0.5) is 5.69 Å². The first kappa shape index (κ1) is 13.1. The summed E-state index contributed by atoms with van der Waals surface area (Å²) in [5, 5.41) is 2.97. The summed E-state index contributed by atoms with van der Waals surface area (Å²) in [6, 6.07) is 6.78. The molecule has 0 saturated carbocycles. The van der Waals surface area contributed by atoms with E-state index in [0.717, 1.165) is 11.5 Å². The Morgan fingerprint density at radius 1 is 1.20 bits per heavy atom. The molecule has 0 atom stereocenters. The van der Waals surface area contributed by atoms with Gasteiger partial charge in [-0.1, -0.05) is 0 Å². The normalized spacial score (nSPS) is 15.8. The third kappa shape index (κ3) is 2.19. The van der Waals surface area contributed by atoms with Crippen LogP contribution in [-0.2, 0) is 23.1 Å². The van der Waals surface area contributed by atoms with Crippen molar-refractivity contribution < 1.29 is 8.42 Å².